The summed E-state index contributed by atoms with van der Waals surface area (Å²) in [6.07, 6.45) is 0. The first-order valence-corrected chi connectivity index (χ1v) is 6.48. The Morgan fingerprint density at radius 2 is 2.05 bits per heavy atom. The second kappa shape index (κ2) is 7.08. The molecule has 4 N–H and O–H groups in total. The van der Waals surface area contributed by atoms with Crippen molar-refractivity contribution >= 4 is 17.5 Å². The van der Waals surface area contributed by atoms with Gasteiger partial charge in [-0.25, -0.2) is 9.78 Å². The molecular weight excluding hydrogens is 264 g/mol. The summed E-state index contributed by atoms with van der Waals surface area (Å²) in [6.45, 7) is 2.23. The van der Waals surface area contributed by atoms with Gasteiger partial charge >= 0.3 is 6.03 Å². The van der Waals surface area contributed by atoms with Crippen LogP contribution in [0.5, 0.6) is 0 Å². The predicted octanol–water partition coefficient (Wildman–Crippen LogP) is 2.34. The molecule has 106 valence electrons. The number of benzene rings is 1. The van der Waals surface area contributed by atoms with Gasteiger partial charge in [0.25, 0.3) is 0 Å². The van der Waals surface area contributed by atoms with Crippen molar-refractivity contribution in [1.82, 2.24) is 4.98 Å². The summed E-state index contributed by atoms with van der Waals surface area (Å²) in [4.78, 5) is 16.1. The van der Waals surface area contributed by atoms with Crippen LogP contribution in [0.15, 0.2) is 42.5 Å². The molecular formula is C16H16N4O. The van der Waals surface area contributed by atoms with Crippen LogP contribution in [0.2, 0.25) is 0 Å². The minimum atomic E-state index is -0.350. The topological polar surface area (TPSA) is 80.0 Å². The zero-order valence-corrected chi connectivity index (χ0v) is 11.7. The van der Waals surface area contributed by atoms with Crippen LogP contribution >= 0.6 is 0 Å². The number of rotatable bonds is 2. The Morgan fingerprint density at radius 3 is 2.81 bits per heavy atom. The maximum absolute atomic E-state index is 11.9. The maximum Gasteiger partial charge on any atom is 0.324 e. The van der Waals surface area contributed by atoms with E-state index < -0.39 is 0 Å². The van der Waals surface area contributed by atoms with E-state index >= 15 is 0 Å². The molecule has 0 radical (unpaired) electrons. The molecule has 0 saturated carbocycles. The van der Waals surface area contributed by atoms with Gasteiger partial charge in [-0.15, -0.1) is 0 Å². The molecule has 2 aromatic rings. The lowest BCUT2D eigenvalue weighted by molar-refractivity contribution is 0.262. The Labute approximate surface area is 123 Å². The lowest BCUT2D eigenvalue weighted by Gasteiger charge is -2.07. The van der Waals surface area contributed by atoms with Crippen LogP contribution in [-0.4, -0.2) is 17.6 Å². The molecule has 0 fully saturated rings. The van der Waals surface area contributed by atoms with Gasteiger partial charge in [-0.3, -0.25) is 5.32 Å². The van der Waals surface area contributed by atoms with Gasteiger partial charge in [0.1, 0.15) is 11.5 Å². The van der Waals surface area contributed by atoms with Gasteiger partial charge in [-0.05, 0) is 42.7 Å². The quantitative estimate of drug-likeness (QED) is 0.739. The number of nitrogens with one attached hydrogen (secondary N) is 2. The fraction of sp³-hybridized carbons (Fsp3) is 0.125. The third-order valence-electron chi connectivity index (χ3n) is 2.59. The van der Waals surface area contributed by atoms with E-state index in [9.17, 15) is 4.79 Å². The van der Waals surface area contributed by atoms with Crippen molar-refractivity contribution < 1.29 is 4.79 Å². The number of aromatic nitrogens is 1. The molecule has 2 rings (SSSR count). The van der Waals surface area contributed by atoms with Crippen molar-refractivity contribution in [3.63, 3.8) is 0 Å². The second-order valence-electron chi connectivity index (χ2n) is 4.36. The van der Waals surface area contributed by atoms with Gasteiger partial charge in [-0.1, -0.05) is 24.1 Å². The first-order valence-electron chi connectivity index (χ1n) is 6.48. The summed E-state index contributed by atoms with van der Waals surface area (Å²) in [6, 6.07) is 12.4. The number of carbonyl (C=O) groups excluding carboxylic acids is 1. The average Bonchev–Trinajstić information content (AvgIpc) is 2.45. The number of anilines is 2. The van der Waals surface area contributed by atoms with E-state index in [1.807, 2.05) is 31.2 Å². The number of hydrogen-bond donors (Lipinski definition) is 3. The molecule has 2 amide bonds. The smallest absolute Gasteiger partial charge is 0.320 e. The molecule has 0 aliphatic carbocycles. The van der Waals surface area contributed by atoms with E-state index in [2.05, 4.69) is 27.5 Å². The van der Waals surface area contributed by atoms with Gasteiger partial charge in [0.05, 0.1) is 6.54 Å². The van der Waals surface area contributed by atoms with Crippen LogP contribution in [0.3, 0.4) is 0 Å². The van der Waals surface area contributed by atoms with E-state index in [1.54, 1.807) is 18.2 Å². The Hall–Kier alpha value is -2.84. The van der Waals surface area contributed by atoms with Crippen LogP contribution in [0.4, 0.5) is 16.3 Å². The van der Waals surface area contributed by atoms with Gasteiger partial charge in [0.15, 0.2) is 0 Å². The highest BCUT2D eigenvalue weighted by molar-refractivity contribution is 5.99. The summed E-state index contributed by atoms with van der Waals surface area (Å²) >= 11 is 0. The Balaban J connectivity index is 2.02. The predicted molar refractivity (Wildman–Crippen MR) is 84.0 cm³/mol. The van der Waals surface area contributed by atoms with Crippen LogP contribution in [0.1, 0.15) is 11.3 Å². The number of amides is 2. The summed E-state index contributed by atoms with van der Waals surface area (Å²) in [5.41, 5.74) is 7.68. The molecule has 0 bridgehead atoms. The fourth-order valence-corrected chi connectivity index (χ4v) is 1.72. The van der Waals surface area contributed by atoms with E-state index in [0.29, 0.717) is 11.5 Å². The number of carbonyl (C=O) groups is 1. The molecule has 1 aromatic heterocycles. The minimum Gasteiger partial charge on any atom is -0.320 e. The maximum atomic E-state index is 11.9. The molecule has 0 saturated heterocycles. The Bertz CT molecular complexity index is 701. The number of urea groups is 1. The Kier molecular flexibility index (Phi) is 4.91. The molecule has 0 aliphatic heterocycles. The monoisotopic (exact) mass is 280 g/mol. The van der Waals surface area contributed by atoms with Crippen molar-refractivity contribution in [2.24, 2.45) is 5.73 Å². The van der Waals surface area contributed by atoms with Crippen molar-refractivity contribution in [2.75, 3.05) is 17.2 Å². The van der Waals surface area contributed by atoms with Crippen molar-refractivity contribution in [3.8, 4) is 11.8 Å². The first-order chi connectivity index (χ1) is 10.2. The van der Waals surface area contributed by atoms with Gasteiger partial charge in [-0.2, -0.15) is 0 Å². The normalized spacial score (nSPS) is 9.43. The third-order valence-corrected chi connectivity index (χ3v) is 2.59. The zero-order chi connectivity index (χ0) is 15.1. The highest BCUT2D eigenvalue weighted by atomic mass is 16.2. The molecule has 5 nitrogen and oxygen atoms in total. The van der Waals surface area contributed by atoms with Crippen molar-refractivity contribution in [2.45, 2.75) is 6.92 Å². The molecule has 5 heteroatoms. The Morgan fingerprint density at radius 1 is 1.24 bits per heavy atom. The molecule has 0 spiro atoms. The molecule has 21 heavy (non-hydrogen) atoms. The molecule has 1 aromatic carbocycles. The summed E-state index contributed by atoms with van der Waals surface area (Å²) in [5.74, 6) is 5.97. The number of aryl methyl sites for hydroxylation is 1. The lowest BCUT2D eigenvalue weighted by Crippen LogP contribution is -2.20. The third kappa shape index (κ3) is 4.64. The van der Waals surface area contributed by atoms with Crippen LogP contribution in [-0.2, 0) is 0 Å². The standard InChI is InChI=1S/C16H16N4O/c1-12-5-2-7-14(11-12)19-16(21)20-15-9-3-6-13(18-15)8-4-10-17/h2-3,5-7,9,11H,10,17H2,1H3,(H2,18,19,20,21). The van der Waals surface area contributed by atoms with Gasteiger partial charge < -0.3 is 11.1 Å². The second-order valence-corrected chi connectivity index (χ2v) is 4.36. The molecule has 0 aliphatic rings. The highest BCUT2D eigenvalue weighted by Crippen LogP contribution is 2.10. The number of nitrogens with two attached hydrogens (primary N) is 1. The van der Waals surface area contributed by atoms with E-state index in [0.717, 1.165) is 11.3 Å². The molecule has 0 unspecified atom stereocenters. The average molecular weight is 280 g/mol. The minimum absolute atomic E-state index is 0.271. The zero-order valence-electron chi connectivity index (χ0n) is 11.7. The van der Waals surface area contributed by atoms with Crippen molar-refractivity contribution in [1.29, 1.82) is 0 Å². The van der Waals surface area contributed by atoms with Gasteiger partial charge in [0.2, 0.25) is 0 Å². The summed E-state index contributed by atoms with van der Waals surface area (Å²) in [7, 11) is 0. The van der Waals surface area contributed by atoms with E-state index in [4.69, 9.17) is 5.73 Å². The number of hydrogen-bond acceptors (Lipinski definition) is 3. The van der Waals surface area contributed by atoms with E-state index in [1.165, 1.54) is 0 Å². The fourth-order valence-electron chi connectivity index (χ4n) is 1.72. The lowest BCUT2D eigenvalue weighted by atomic mass is 10.2. The molecule has 0 atom stereocenters. The largest absolute Gasteiger partial charge is 0.324 e. The summed E-state index contributed by atoms with van der Waals surface area (Å²) in [5, 5.41) is 5.41. The number of pyridine rings is 1. The first kappa shape index (κ1) is 14.6. The number of nitrogens with zero attached hydrogens (tertiary/aromatic N) is 1. The van der Waals surface area contributed by atoms with Crippen molar-refractivity contribution in [3.05, 3.63) is 53.7 Å². The van der Waals surface area contributed by atoms with E-state index in [-0.39, 0.29) is 12.6 Å². The SMILES string of the molecule is Cc1cccc(NC(=O)Nc2cccc(C#CCN)n2)c1. The van der Waals surface area contributed by atoms with Gasteiger partial charge in [0, 0.05) is 5.69 Å². The van der Waals surface area contributed by atoms with Crippen LogP contribution in [0.25, 0.3) is 0 Å². The van der Waals surface area contributed by atoms with Crippen LogP contribution < -0.4 is 16.4 Å². The summed E-state index contributed by atoms with van der Waals surface area (Å²) < 4.78 is 0. The van der Waals surface area contributed by atoms with Crippen LogP contribution in [0, 0.1) is 18.8 Å². The highest BCUT2D eigenvalue weighted by Gasteiger charge is 2.04. The molecule has 1 heterocycles.